The first-order valence-corrected chi connectivity index (χ1v) is 13.0. The van der Waals surface area contributed by atoms with Gasteiger partial charge in [-0.05, 0) is 76.8 Å². The first-order chi connectivity index (χ1) is 18.4. The molecule has 39 heavy (non-hydrogen) atoms. The number of anilines is 1. The van der Waals surface area contributed by atoms with E-state index in [-0.39, 0.29) is 6.04 Å². The Hall–Kier alpha value is -4.08. The summed E-state index contributed by atoms with van der Waals surface area (Å²) in [7, 11) is 1.55. The molecule has 2 aromatic carbocycles. The van der Waals surface area contributed by atoms with Crippen LogP contribution in [0.1, 0.15) is 63.6 Å². The van der Waals surface area contributed by atoms with Crippen LogP contribution in [0.4, 0.5) is 10.5 Å². The van der Waals surface area contributed by atoms with Gasteiger partial charge in [-0.2, -0.15) is 0 Å². The lowest BCUT2D eigenvalue weighted by Gasteiger charge is -2.43. The summed E-state index contributed by atoms with van der Waals surface area (Å²) in [5.41, 5.74) is 6.69. The van der Waals surface area contributed by atoms with Gasteiger partial charge in [0.05, 0.1) is 13.5 Å². The molecule has 10 nitrogen and oxygen atoms in total. The zero-order chi connectivity index (χ0) is 28.7. The normalized spacial score (nSPS) is 14.8. The van der Waals surface area contributed by atoms with Crippen molar-refractivity contribution in [1.82, 2.24) is 10.2 Å². The second-order valence-electron chi connectivity index (χ2n) is 10.7. The van der Waals surface area contributed by atoms with Crippen molar-refractivity contribution in [3.8, 4) is 5.75 Å². The smallest absolute Gasteiger partial charge is 0.408 e. The van der Waals surface area contributed by atoms with Crippen molar-refractivity contribution in [2.45, 2.75) is 77.1 Å². The molecule has 0 heterocycles. The fourth-order valence-corrected chi connectivity index (χ4v) is 4.38. The molecule has 210 valence electrons. The molecule has 3 rings (SSSR count). The van der Waals surface area contributed by atoms with Crippen molar-refractivity contribution in [3.63, 3.8) is 0 Å². The second-order valence-corrected chi connectivity index (χ2v) is 10.7. The summed E-state index contributed by atoms with van der Waals surface area (Å²) in [6.45, 7) is 6.97. The Morgan fingerprint density at radius 2 is 1.74 bits per heavy atom. The maximum absolute atomic E-state index is 14.1. The lowest BCUT2D eigenvalue weighted by Crippen LogP contribution is -2.57. The number of hydrogen-bond donors (Lipinski definition) is 3. The van der Waals surface area contributed by atoms with Crippen molar-refractivity contribution in [2.24, 2.45) is 5.73 Å². The third-order valence-corrected chi connectivity index (χ3v) is 6.36. The number of nitrogens with one attached hydrogen (secondary N) is 2. The number of nitrogens with two attached hydrogens (primary N) is 1. The van der Waals surface area contributed by atoms with Crippen LogP contribution in [0.5, 0.6) is 5.75 Å². The van der Waals surface area contributed by atoms with Crippen LogP contribution in [0.25, 0.3) is 0 Å². The molecule has 0 bridgehead atoms. The van der Waals surface area contributed by atoms with Gasteiger partial charge >= 0.3 is 6.09 Å². The van der Waals surface area contributed by atoms with Crippen molar-refractivity contribution in [3.05, 3.63) is 59.7 Å². The van der Waals surface area contributed by atoms with E-state index in [0.717, 1.165) is 12.0 Å². The molecule has 2 unspecified atom stereocenters. The molecular weight excluding hydrogens is 500 g/mol. The topological polar surface area (TPSA) is 140 Å². The average Bonchev–Trinajstić information content (AvgIpc) is 2.80. The van der Waals surface area contributed by atoms with Crippen molar-refractivity contribution < 1.29 is 28.7 Å². The monoisotopic (exact) mass is 538 g/mol. The molecule has 1 saturated carbocycles. The van der Waals surface area contributed by atoms with Crippen LogP contribution < -0.4 is 21.1 Å². The summed E-state index contributed by atoms with van der Waals surface area (Å²) in [6.07, 6.45) is 0.946. The molecule has 0 aromatic heterocycles. The van der Waals surface area contributed by atoms with Crippen LogP contribution in [-0.2, 0) is 19.1 Å². The minimum absolute atomic E-state index is 0.263. The Balaban J connectivity index is 2.01. The number of ether oxygens (including phenoxy) is 2. The summed E-state index contributed by atoms with van der Waals surface area (Å²) in [5.74, 6) is -1.15. The number of nitrogens with zero attached hydrogens (tertiary/aromatic N) is 1. The fourth-order valence-electron chi connectivity index (χ4n) is 4.38. The van der Waals surface area contributed by atoms with Crippen LogP contribution in [0.15, 0.2) is 48.5 Å². The molecule has 0 saturated heterocycles. The van der Waals surface area contributed by atoms with Gasteiger partial charge in [0.1, 0.15) is 23.4 Å². The van der Waals surface area contributed by atoms with E-state index in [1.54, 1.807) is 58.2 Å². The Morgan fingerprint density at radius 3 is 2.26 bits per heavy atom. The average molecular weight is 539 g/mol. The highest BCUT2D eigenvalue weighted by molar-refractivity contribution is 6.00. The van der Waals surface area contributed by atoms with Crippen LogP contribution in [-0.4, -0.2) is 53.5 Å². The number of methoxy groups -OCH3 is 1. The van der Waals surface area contributed by atoms with Crippen molar-refractivity contribution in [2.75, 3.05) is 12.4 Å². The minimum Gasteiger partial charge on any atom is -0.497 e. The van der Waals surface area contributed by atoms with Crippen molar-refractivity contribution >= 4 is 29.5 Å². The maximum Gasteiger partial charge on any atom is 0.408 e. The molecule has 1 aliphatic rings. The molecule has 4 N–H and O–H groups in total. The molecule has 10 heteroatoms. The number of aryl methyl sites for hydroxylation is 1. The van der Waals surface area contributed by atoms with E-state index < -0.39 is 47.9 Å². The van der Waals surface area contributed by atoms with Crippen LogP contribution in [0.2, 0.25) is 0 Å². The quantitative estimate of drug-likeness (QED) is 0.420. The van der Waals surface area contributed by atoms with E-state index in [9.17, 15) is 19.2 Å². The fraction of sp³-hybridized carbons (Fsp3) is 0.448. The SMILES string of the molecule is COc1ccc(NC(=O)C(c2cccc(C)c2)N(C(=O)C(CC(N)=O)NC(=O)OC(C)(C)C)C2CCC2)cc1. The summed E-state index contributed by atoms with van der Waals surface area (Å²) in [4.78, 5) is 54.0. The van der Waals surface area contributed by atoms with E-state index >= 15 is 0 Å². The summed E-state index contributed by atoms with van der Waals surface area (Å²) >= 11 is 0. The molecule has 2 atom stereocenters. The Morgan fingerprint density at radius 1 is 1.08 bits per heavy atom. The lowest BCUT2D eigenvalue weighted by atomic mass is 9.87. The molecular formula is C29H38N4O6. The predicted octanol–water partition coefficient (Wildman–Crippen LogP) is 3.83. The highest BCUT2D eigenvalue weighted by Crippen LogP contribution is 2.35. The van der Waals surface area contributed by atoms with Gasteiger partial charge in [-0.1, -0.05) is 29.8 Å². The zero-order valence-corrected chi connectivity index (χ0v) is 23.2. The second kappa shape index (κ2) is 12.6. The standard InChI is InChI=1S/C29H38N4O6/c1-18-8-6-9-19(16-18)25(26(35)31-20-12-14-22(38-5)15-13-20)33(21-10-7-11-21)27(36)23(17-24(30)34)32-28(37)39-29(2,3)4/h6,8-9,12-16,21,23,25H,7,10-11,17H2,1-5H3,(H2,30,34)(H,31,35)(H,32,37). The summed E-state index contributed by atoms with van der Waals surface area (Å²) in [5, 5.41) is 5.42. The van der Waals surface area contributed by atoms with Gasteiger partial charge in [-0.25, -0.2) is 4.79 Å². The third-order valence-electron chi connectivity index (χ3n) is 6.36. The highest BCUT2D eigenvalue weighted by atomic mass is 16.6. The Bertz CT molecular complexity index is 1190. The number of benzene rings is 2. The van der Waals surface area contributed by atoms with Crippen molar-refractivity contribution in [1.29, 1.82) is 0 Å². The Labute approximate surface area is 229 Å². The van der Waals surface area contributed by atoms with E-state index in [1.807, 2.05) is 25.1 Å². The van der Waals surface area contributed by atoms with E-state index in [0.29, 0.717) is 29.8 Å². The Kier molecular flexibility index (Phi) is 9.56. The van der Waals surface area contributed by atoms with Gasteiger partial charge in [0.15, 0.2) is 0 Å². The summed E-state index contributed by atoms with van der Waals surface area (Å²) < 4.78 is 10.5. The number of carbonyl (C=O) groups is 4. The first kappa shape index (κ1) is 29.5. The molecule has 0 aliphatic heterocycles. The molecule has 4 amide bonds. The lowest BCUT2D eigenvalue weighted by molar-refractivity contribution is -0.146. The molecule has 1 aliphatic carbocycles. The van der Waals surface area contributed by atoms with Gasteiger partial charge < -0.3 is 30.7 Å². The first-order valence-electron chi connectivity index (χ1n) is 13.0. The van der Waals surface area contributed by atoms with Crippen LogP contribution in [0.3, 0.4) is 0 Å². The van der Waals surface area contributed by atoms with E-state index in [2.05, 4.69) is 10.6 Å². The molecule has 2 aromatic rings. The number of hydrogen-bond acceptors (Lipinski definition) is 6. The number of rotatable bonds is 10. The zero-order valence-electron chi connectivity index (χ0n) is 23.2. The highest BCUT2D eigenvalue weighted by Gasteiger charge is 2.42. The van der Waals surface area contributed by atoms with E-state index in [1.165, 1.54) is 4.90 Å². The van der Waals surface area contributed by atoms with Gasteiger partial charge in [0.2, 0.25) is 11.8 Å². The summed E-state index contributed by atoms with van der Waals surface area (Å²) in [6, 6.07) is 11.6. The predicted molar refractivity (Wildman–Crippen MR) is 147 cm³/mol. The largest absolute Gasteiger partial charge is 0.497 e. The minimum atomic E-state index is -1.31. The van der Waals surface area contributed by atoms with Crippen LogP contribution in [0, 0.1) is 6.92 Å². The number of carbonyl (C=O) groups excluding carboxylic acids is 4. The van der Waals surface area contributed by atoms with Gasteiger partial charge in [-0.15, -0.1) is 0 Å². The molecule has 1 fully saturated rings. The third kappa shape index (κ3) is 8.20. The molecule has 0 radical (unpaired) electrons. The maximum atomic E-state index is 14.1. The molecule has 0 spiro atoms. The van der Waals surface area contributed by atoms with Gasteiger partial charge in [0, 0.05) is 11.7 Å². The number of amides is 4. The van der Waals surface area contributed by atoms with Crippen LogP contribution >= 0.6 is 0 Å². The number of primary amides is 1. The number of alkyl carbamates (subject to hydrolysis) is 1. The van der Waals surface area contributed by atoms with Gasteiger partial charge in [-0.3, -0.25) is 14.4 Å². The van der Waals surface area contributed by atoms with Gasteiger partial charge in [0.25, 0.3) is 5.91 Å². The van der Waals surface area contributed by atoms with E-state index in [4.69, 9.17) is 15.2 Å².